The van der Waals surface area contributed by atoms with Gasteiger partial charge in [-0.3, -0.25) is 4.79 Å². The lowest BCUT2D eigenvalue weighted by molar-refractivity contribution is -0.119. The predicted octanol–water partition coefficient (Wildman–Crippen LogP) is 2.01. The van der Waals surface area contributed by atoms with E-state index in [9.17, 15) is 9.59 Å². The third-order valence-electron chi connectivity index (χ3n) is 3.87. The first-order valence-electron chi connectivity index (χ1n) is 8.03. The molecule has 3 rings (SSSR count). The summed E-state index contributed by atoms with van der Waals surface area (Å²) < 4.78 is 11.3. The van der Waals surface area contributed by atoms with Crippen LogP contribution < -0.4 is 10.6 Å². The molecule has 10 heteroatoms. The topological polar surface area (TPSA) is 107 Å². The molecule has 0 aliphatic heterocycles. The smallest absolute Gasteiger partial charge is 0.356 e. The standard InChI is InChI=1S/C17H19N5O4S/c1-22-15(17(24)26-3)14(21-12(23)9-25-2)11-6-10(7-20-16(11)22)19-8-13-18-4-5-27-13/h4-7,19H,8-9H2,1-3H3,(H,21,23). The molecule has 1 amide bonds. The van der Waals surface area contributed by atoms with Gasteiger partial charge in [-0.05, 0) is 6.07 Å². The largest absolute Gasteiger partial charge is 0.464 e. The highest BCUT2D eigenvalue weighted by Gasteiger charge is 2.24. The number of amides is 1. The van der Waals surface area contributed by atoms with Crippen LogP contribution >= 0.6 is 11.3 Å². The molecule has 142 valence electrons. The maximum atomic E-state index is 12.3. The highest BCUT2D eigenvalue weighted by molar-refractivity contribution is 7.09. The van der Waals surface area contributed by atoms with E-state index in [2.05, 4.69) is 20.6 Å². The van der Waals surface area contributed by atoms with Gasteiger partial charge in [-0.15, -0.1) is 11.3 Å². The van der Waals surface area contributed by atoms with Crippen LogP contribution in [-0.2, 0) is 27.9 Å². The number of aryl methyl sites for hydroxylation is 1. The molecule has 0 unspecified atom stereocenters. The molecule has 3 heterocycles. The van der Waals surface area contributed by atoms with E-state index in [4.69, 9.17) is 9.47 Å². The van der Waals surface area contributed by atoms with Crippen LogP contribution in [0.4, 0.5) is 11.4 Å². The average molecular weight is 389 g/mol. The van der Waals surface area contributed by atoms with Gasteiger partial charge >= 0.3 is 5.97 Å². The molecule has 0 fully saturated rings. The summed E-state index contributed by atoms with van der Waals surface area (Å²) >= 11 is 1.55. The number of aromatic nitrogens is 3. The second kappa shape index (κ2) is 8.14. The Bertz CT molecular complexity index is 968. The summed E-state index contributed by atoms with van der Waals surface area (Å²) in [4.78, 5) is 33.0. The molecule has 0 radical (unpaired) electrons. The third kappa shape index (κ3) is 3.91. The zero-order chi connectivity index (χ0) is 19.4. The van der Waals surface area contributed by atoms with E-state index in [0.717, 1.165) is 10.7 Å². The van der Waals surface area contributed by atoms with Crippen molar-refractivity contribution < 1.29 is 19.1 Å². The number of esters is 1. The van der Waals surface area contributed by atoms with Gasteiger partial charge in [0.05, 0.1) is 31.2 Å². The monoisotopic (exact) mass is 389 g/mol. The maximum Gasteiger partial charge on any atom is 0.356 e. The number of fused-ring (bicyclic) bond motifs is 1. The molecule has 0 saturated heterocycles. The van der Waals surface area contributed by atoms with Gasteiger partial charge in [0.15, 0.2) is 5.69 Å². The normalized spacial score (nSPS) is 10.8. The van der Waals surface area contributed by atoms with Crippen LogP contribution in [0.15, 0.2) is 23.8 Å². The number of carbonyl (C=O) groups excluding carboxylic acids is 2. The summed E-state index contributed by atoms with van der Waals surface area (Å²) in [6, 6.07) is 1.82. The number of nitrogens with one attached hydrogen (secondary N) is 2. The molecule has 0 aromatic carbocycles. The summed E-state index contributed by atoms with van der Waals surface area (Å²) in [6.07, 6.45) is 3.41. The van der Waals surface area contributed by atoms with Gasteiger partial charge < -0.3 is 24.7 Å². The molecule has 0 aliphatic carbocycles. The van der Waals surface area contributed by atoms with Crippen LogP contribution in [0.2, 0.25) is 0 Å². The number of carbonyl (C=O) groups is 2. The van der Waals surface area contributed by atoms with Crippen molar-refractivity contribution >= 4 is 45.6 Å². The van der Waals surface area contributed by atoms with Crippen molar-refractivity contribution in [3.05, 3.63) is 34.5 Å². The average Bonchev–Trinajstić information content (AvgIpc) is 3.27. The zero-order valence-corrected chi connectivity index (χ0v) is 15.9. The molecule has 2 N–H and O–H groups in total. The summed E-state index contributed by atoms with van der Waals surface area (Å²) in [5.41, 5.74) is 1.83. The van der Waals surface area contributed by atoms with Crippen LogP contribution in [0.1, 0.15) is 15.5 Å². The van der Waals surface area contributed by atoms with Gasteiger partial charge in [0, 0.05) is 31.1 Å². The van der Waals surface area contributed by atoms with Crippen molar-refractivity contribution in [1.29, 1.82) is 0 Å². The number of pyridine rings is 1. The molecular weight excluding hydrogens is 370 g/mol. The SMILES string of the molecule is COCC(=O)Nc1c(C(=O)OC)n(C)c2ncc(NCc3nccs3)cc12. The first kappa shape index (κ1) is 18.8. The van der Waals surface area contributed by atoms with Crippen LogP contribution in [0, 0.1) is 0 Å². The Balaban J connectivity index is 2.01. The number of thiazole rings is 1. The number of ether oxygens (including phenoxy) is 2. The fourth-order valence-electron chi connectivity index (χ4n) is 2.69. The fraction of sp³-hybridized carbons (Fsp3) is 0.294. The van der Waals surface area contributed by atoms with Crippen molar-refractivity contribution in [1.82, 2.24) is 14.5 Å². The number of rotatable bonds is 7. The highest BCUT2D eigenvalue weighted by Crippen LogP contribution is 2.31. The second-order valence-corrected chi connectivity index (χ2v) is 6.61. The summed E-state index contributed by atoms with van der Waals surface area (Å²) in [5.74, 6) is -0.947. The van der Waals surface area contributed by atoms with Crippen molar-refractivity contribution in [2.45, 2.75) is 6.54 Å². The van der Waals surface area contributed by atoms with Gasteiger partial charge in [0.25, 0.3) is 0 Å². The van der Waals surface area contributed by atoms with Crippen LogP contribution in [0.5, 0.6) is 0 Å². The van der Waals surface area contributed by atoms with E-state index in [-0.39, 0.29) is 18.2 Å². The Morgan fingerprint density at radius 3 is 2.78 bits per heavy atom. The van der Waals surface area contributed by atoms with Crippen molar-refractivity contribution in [2.24, 2.45) is 7.05 Å². The number of hydrogen-bond donors (Lipinski definition) is 2. The summed E-state index contributed by atoms with van der Waals surface area (Å²) in [5, 5.41) is 9.42. The van der Waals surface area contributed by atoms with Gasteiger partial charge in [0.1, 0.15) is 17.3 Å². The number of hydrogen-bond acceptors (Lipinski definition) is 8. The van der Waals surface area contributed by atoms with Crippen LogP contribution in [0.3, 0.4) is 0 Å². The molecule has 9 nitrogen and oxygen atoms in total. The Labute approximate surface area is 159 Å². The van der Waals surface area contributed by atoms with Crippen molar-refractivity contribution in [2.75, 3.05) is 31.5 Å². The van der Waals surface area contributed by atoms with E-state index in [0.29, 0.717) is 23.3 Å². The second-order valence-electron chi connectivity index (χ2n) is 5.63. The lowest BCUT2D eigenvalue weighted by atomic mass is 10.2. The lowest BCUT2D eigenvalue weighted by Crippen LogP contribution is -2.19. The highest BCUT2D eigenvalue weighted by atomic mass is 32.1. The molecule has 0 atom stereocenters. The molecule has 27 heavy (non-hydrogen) atoms. The minimum atomic E-state index is -0.569. The lowest BCUT2D eigenvalue weighted by Gasteiger charge is -2.07. The maximum absolute atomic E-state index is 12.3. The first-order chi connectivity index (χ1) is 13.0. The van der Waals surface area contributed by atoms with Crippen molar-refractivity contribution in [3.8, 4) is 0 Å². The van der Waals surface area contributed by atoms with E-state index in [1.165, 1.54) is 14.2 Å². The number of anilines is 2. The minimum Gasteiger partial charge on any atom is -0.464 e. The molecule has 0 bridgehead atoms. The Morgan fingerprint density at radius 2 is 2.11 bits per heavy atom. The molecule has 0 saturated carbocycles. The van der Waals surface area contributed by atoms with Gasteiger partial charge in [-0.2, -0.15) is 0 Å². The Hall–Kier alpha value is -2.98. The molecule has 3 aromatic rings. The molecule has 0 spiro atoms. The van der Waals surface area contributed by atoms with E-state index < -0.39 is 5.97 Å². The number of nitrogens with zero attached hydrogens (tertiary/aromatic N) is 3. The third-order valence-corrected chi connectivity index (χ3v) is 4.65. The number of methoxy groups -OCH3 is 2. The van der Waals surface area contributed by atoms with Crippen LogP contribution in [0.25, 0.3) is 11.0 Å². The first-order valence-corrected chi connectivity index (χ1v) is 8.91. The summed E-state index contributed by atoms with van der Waals surface area (Å²) in [6.45, 7) is 0.416. The molecule has 0 aliphatic rings. The summed E-state index contributed by atoms with van der Waals surface area (Å²) in [7, 11) is 4.40. The fourth-order valence-corrected chi connectivity index (χ4v) is 3.25. The molecular formula is C17H19N5O4S. The Morgan fingerprint density at radius 1 is 1.30 bits per heavy atom. The molecule has 3 aromatic heterocycles. The van der Waals surface area contributed by atoms with E-state index >= 15 is 0 Å². The minimum absolute atomic E-state index is 0.133. The van der Waals surface area contributed by atoms with E-state index in [1.807, 2.05) is 11.4 Å². The van der Waals surface area contributed by atoms with Gasteiger partial charge in [-0.1, -0.05) is 0 Å². The van der Waals surface area contributed by atoms with E-state index in [1.54, 1.807) is 35.3 Å². The van der Waals surface area contributed by atoms with Crippen LogP contribution in [-0.4, -0.2) is 47.2 Å². The van der Waals surface area contributed by atoms with Crippen molar-refractivity contribution in [3.63, 3.8) is 0 Å². The van der Waals surface area contributed by atoms with Gasteiger partial charge in [0.2, 0.25) is 5.91 Å². The predicted molar refractivity (Wildman–Crippen MR) is 102 cm³/mol. The zero-order valence-electron chi connectivity index (χ0n) is 15.1. The Kier molecular flexibility index (Phi) is 5.67. The quantitative estimate of drug-likeness (QED) is 0.595. The van der Waals surface area contributed by atoms with Gasteiger partial charge in [-0.25, -0.2) is 14.8 Å².